The smallest absolute Gasteiger partial charge is 0.230 e. The van der Waals surface area contributed by atoms with Crippen LogP contribution in [0.15, 0.2) is 6.20 Å². The van der Waals surface area contributed by atoms with Gasteiger partial charge in [0, 0.05) is 19.0 Å². The number of amides is 2. The van der Waals surface area contributed by atoms with Gasteiger partial charge in [-0.15, -0.1) is 0 Å². The number of rotatable bonds is 5. The van der Waals surface area contributed by atoms with Gasteiger partial charge in [-0.2, -0.15) is 5.10 Å². The molecule has 24 heavy (non-hydrogen) atoms. The molecule has 0 aromatic carbocycles. The van der Waals surface area contributed by atoms with Crippen molar-refractivity contribution in [2.75, 3.05) is 11.9 Å². The number of nitrogens with one attached hydrogen (secondary N) is 2. The van der Waals surface area contributed by atoms with Gasteiger partial charge in [0.15, 0.2) is 0 Å². The minimum atomic E-state index is -0.594. The first-order valence-corrected chi connectivity index (χ1v) is 8.80. The number of aryl methyl sites for hydroxylation is 1. The predicted octanol–water partition coefficient (Wildman–Crippen LogP) is 2.73. The van der Waals surface area contributed by atoms with Crippen molar-refractivity contribution < 1.29 is 9.59 Å². The molecule has 2 amide bonds. The third kappa shape index (κ3) is 2.82. The van der Waals surface area contributed by atoms with E-state index in [4.69, 9.17) is 0 Å². The highest BCUT2D eigenvalue weighted by atomic mass is 16.2. The van der Waals surface area contributed by atoms with Crippen LogP contribution in [0.2, 0.25) is 0 Å². The Hall–Kier alpha value is -1.85. The highest BCUT2D eigenvalue weighted by Crippen LogP contribution is 2.56. The molecule has 1 saturated carbocycles. The lowest BCUT2D eigenvalue weighted by Gasteiger charge is -2.39. The van der Waals surface area contributed by atoms with Gasteiger partial charge in [-0.25, -0.2) is 0 Å². The van der Waals surface area contributed by atoms with Crippen LogP contribution in [0.3, 0.4) is 0 Å². The molecular formula is C18H30N4O2. The monoisotopic (exact) mass is 334 g/mol. The van der Waals surface area contributed by atoms with Crippen molar-refractivity contribution >= 4 is 17.5 Å². The minimum Gasteiger partial charge on any atom is -0.356 e. The third-order valence-corrected chi connectivity index (χ3v) is 6.05. The molecule has 6 heteroatoms. The molecule has 134 valence electrons. The number of aromatic nitrogens is 2. The molecule has 0 radical (unpaired) electrons. The number of hydrogen-bond acceptors (Lipinski definition) is 3. The van der Waals surface area contributed by atoms with Crippen LogP contribution in [-0.2, 0) is 16.1 Å². The van der Waals surface area contributed by atoms with Crippen molar-refractivity contribution in [1.82, 2.24) is 15.1 Å². The topological polar surface area (TPSA) is 76.0 Å². The molecule has 0 aliphatic heterocycles. The highest BCUT2D eigenvalue weighted by Gasteiger charge is 2.57. The molecular weight excluding hydrogens is 304 g/mol. The van der Waals surface area contributed by atoms with Crippen molar-refractivity contribution in [3.63, 3.8) is 0 Å². The largest absolute Gasteiger partial charge is 0.356 e. The van der Waals surface area contributed by atoms with Gasteiger partial charge in [0.25, 0.3) is 0 Å². The zero-order valence-electron chi connectivity index (χ0n) is 15.7. The van der Waals surface area contributed by atoms with E-state index in [2.05, 4.69) is 15.7 Å². The van der Waals surface area contributed by atoms with Gasteiger partial charge in [0.1, 0.15) is 0 Å². The Bertz CT molecular complexity index is 635. The Morgan fingerprint density at radius 3 is 2.54 bits per heavy atom. The summed E-state index contributed by atoms with van der Waals surface area (Å²) in [6.07, 6.45) is 3.13. The molecule has 0 spiro atoms. The average Bonchev–Trinajstić information content (AvgIpc) is 2.98. The van der Waals surface area contributed by atoms with E-state index in [1.165, 1.54) is 0 Å². The molecule has 1 unspecified atom stereocenters. The van der Waals surface area contributed by atoms with E-state index in [0.717, 1.165) is 24.3 Å². The molecule has 1 aliphatic rings. The fraction of sp³-hybridized carbons (Fsp3) is 0.722. The van der Waals surface area contributed by atoms with Crippen LogP contribution in [-0.4, -0.2) is 28.1 Å². The fourth-order valence-electron chi connectivity index (χ4n) is 3.81. The molecule has 0 bridgehead atoms. The van der Waals surface area contributed by atoms with E-state index in [1.54, 1.807) is 6.20 Å². The summed E-state index contributed by atoms with van der Waals surface area (Å²) in [7, 11) is 0. The Kier molecular flexibility index (Phi) is 5.06. The van der Waals surface area contributed by atoms with Crippen molar-refractivity contribution in [3.8, 4) is 0 Å². The van der Waals surface area contributed by atoms with E-state index in [9.17, 15) is 9.59 Å². The van der Waals surface area contributed by atoms with Crippen LogP contribution in [0.25, 0.3) is 0 Å². The number of anilines is 1. The molecule has 6 nitrogen and oxygen atoms in total. The second-order valence-electron chi connectivity index (χ2n) is 7.45. The molecule has 1 heterocycles. The number of nitrogens with zero attached hydrogens (tertiary/aromatic N) is 2. The first-order chi connectivity index (χ1) is 11.2. The average molecular weight is 334 g/mol. The van der Waals surface area contributed by atoms with Crippen LogP contribution in [0.4, 0.5) is 5.69 Å². The van der Waals surface area contributed by atoms with Gasteiger partial charge in [-0.3, -0.25) is 14.3 Å². The summed E-state index contributed by atoms with van der Waals surface area (Å²) in [6, 6.07) is 0. The Labute approximate surface area is 144 Å². The van der Waals surface area contributed by atoms with Crippen LogP contribution in [0, 0.1) is 23.7 Å². The number of carbonyl (C=O) groups is 2. The quantitative estimate of drug-likeness (QED) is 0.869. The maximum Gasteiger partial charge on any atom is 0.230 e. The molecule has 1 aromatic heterocycles. The van der Waals surface area contributed by atoms with E-state index in [0.29, 0.717) is 13.0 Å². The van der Waals surface area contributed by atoms with Crippen molar-refractivity contribution in [3.05, 3.63) is 11.9 Å². The standard InChI is InChI=1S/C18H30N4O2/c1-7-19-15(23)13-9-10-18(6,17(13,4)5)16(24)21-14-11-20-22(8-2)12(14)3/h11,13H,7-10H2,1-6H3,(H,19,23)(H,21,24)/t13?,18-/m0/s1. The van der Waals surface area contributed by atoms with Gasteiger partial charge in [0.2, 0.25) is 11.8 Å². The molecule has 2 N–H and O–H groups in total. The van der Waals surface area contributed by atoms with E-state index in [1.807, 2.05) is 46.2 Å². The summed E-state index contributed by atoms with van der Waals surface area (Å²) in [5, 5.41) is 10.2. The maximum atomic E-state index is 13.0. The molecule has 2 rings (SSSR count). The van der Waals surface area contributed by atoms with E-state index in [-0.39, 0.29) is 17.7 Å². The summed E-state index contributed by atoms with van der Waals surface area (Å²) in [4.78, 5) is 25.4. The predicted molar refractivity (Wildman–Crippen MR) is 94.6 cm³/mol. The lowest BCUT2D eigenvalue weighted by molar-refractivity contribution is -0.135. The summed E-state index contributed by atoms with van der Waals surface area (Å²) < 4.78 is 1.86. The Balaban J connectivity index is 2.21. The second kappa shape index (κ2) is 6.57. The van der Waals surface area contributed by atoms with Crippen molar-refractivity contribution in [2.24, 2.45) is 16.7 Å². The molecule has 0 saturated heterocycles. The number of carbonyl (C=O) groups excluding carboxylic acids is 2. The van der Waals surface area contributed by atoms with Gasteiger partial charge >= 0.3 is 0 Å². The summed E-state index contributed by atoms with van der Waals surface area (Å²) in [5.41, 5.74) is 0.694. The highest BCUT2D eigenvalue weighted by molar-refractivity contribution is 5.97. The SMILES string of the molecule is CCNC(=O)C1CC[C@@](C)(C(=O)Nc2cnn(CC)c2C)C1(C)C. The van der Waals surface area contributed by atoms with Crippen LogP contribution >= 0.6 is 0 Å². The van der Waals surface area contributed by atoms with Gasteiger partial charge < -0.3 is 10.6 Å². The van der Waals surface area contributed by atoms with E-state index < -0.39 is 10.8 Å². The van der Waals surface area contributed by atoms with Crippen LogP contribution < -0.4 is 10.6 Å². The third-order valence-electron chi connectivity index (χ3n) is 6.05. The van der Waals surface area contributed by atoms with Gasteiger partial charge in [-0.05, 0) is 39.0 Å². The lowest BCUT2D eigenvalue weighted by Crippen LogP contribution is -2.47. The Morgan fingerprint density at radius 2 is 2.00 bits per heavy atom. The first-order valence-electron chi connectivity index (χ1n) is 8.80. The van der Waals surface area contributed by atoms with Crippen LogP contribution in [0.1, 0.15) is 53.2 Å². The summed E-state index contributed by atoms with van der Waals surface area (Å²) >= 11 is 0. The molecule has 1 fully saturated rings. The molecule has 1 aliphatic carbocycles. The lowest BCUT2D eigenvalue weighted by atomic mass is 9.65. The Morgan fingerprint density at radius 1 is 1.33 bits per heavy atom. The first kappa shape index (κ1) is 18.5. The van der Waals surface area contributed by atoms with Crippen LogP contribution in [0.5, 0.6) is 0 Å². The fourth-order valence-corrected chi connectivity index (χ4v) is 3.81. The maximum absolute atomic E-state index is 13.0. The second-order valence-corrected chi connectivity index (χ2v) is 7.45. The molecule has 1 aromatic rings. The molecule has 2 atom stereocenters. The zero-order chi connectivity index (χ0) is 18.1. The van der Waals surface area contributed by atoms with Gasteiger partial charge in [0.05, 0.1) is 23.0 Å². The van der Waals surface area contributed by atoms with Crippen molar-refractivity contribution in [1.29, 1.82) is 0 Å². The van der Waals surface area contributed by atoms with Crippen molar-refractivity contribution in [2.45, 2.75) is 60.9 Å². The normalized spacial score (nSPS) is 25.5. The zero-order valence-corrected chi connectivity index (χ0v) is 15.7. The minimum absolute atomic E-state index is 0.0296. The summed E-state index contributed by atoms with van der Waals surface area (Å²) in [6.45, 7) is 13.3. The number of hydrogen-bond donors (Lipinski definition) is 2. The van der Waals surface area contributed by atoms with Gasteiger partial charge in [-0.1, -0.05) is 20.8 Å². The summed E-state index contributed by atoms with van der Waals surface area (Å²) in [5.74, 6) is -0.125. The van der Waals surface area contributed by atoms with E-state index >= 15 is 0 Å².